The summed E-state index contributed by atoms with van der Waals surface area (Å²) in [5.74, 6) is 1.82. The summed E-state index contributed by atoms with van der Waals surface area (Å²) in [4.78, 5) is 28.9. The number of aromatic amines is 1. The number of thioether (sulfide) groups is 1. The van der Waals surface area contributed by atoms with E-state index >= 15 is 0 Å². The van der Waals surface area contributed by atoms with Gasteiger partial charge in [-0.15, -0.1) is 0 Å². The second-order valence-corrected chi connectivity index (χ2v) is 6.83. The Morgan fingerprint density at radius 1 is 1.45 bits per heavy atom. The monoisotopic (exact) mass is 323 g/mol. The molecule has 1 aromatic rings. The van der Waals surface area contributed by atoms with E-state index in [2.05, 4.69) is 15.2 Å². The highest BCUT2D eigenvalue weighted by Gasteiger charge is 2.40. The zero-order valence-electron chi connectivity index (χ0n) is 12.5. The quantitative estimate of drug-likeness (QED) is 0.834. The molecule has 120 valence electrons. The van der Waals surface area contributed by atoms with Gasteiger partial charge in [0.05, 0.1) is 13.2 Å². The molecule has 22 heavy (non-hydrogen) atoms. The maximum Gasteiger partial charge on any atom is 0.260 e. The van der Waals surface area contributed by atoms with Crippen molar-refractivity contribution in [3.63, 3.8) is 0 Å². The average Bonchev–Trinajstić information content (AvgIpc) is 3.04. The van der Waals surface area contributed by atoms with Crippen LogP contribution in [0.25, 0.3) is 0 Å². The van der Waals surface area contributed by atoms with E-state index in [9.17, 15) is 9.59 Å². The van der Waals surface area contributed by atoms with E-state index in [0.29, 0.717) is 6.54 Å². The van der Waals surface area contributed by atoms with Gasteiger partial charge in [0.15, 0.2) is 0 Å². The molecule has 0 aliphatic carbocycles. The lowest BCUT2D eigenvalue weighted by molar-refractivity contribution is -0.0129. The third-order valence-electron chi connectivity index (χ3n) is 4.41. The molecule has 7 heteroatoms. The van der Waals surface area contributed by atoms with Crippen LogP contribution < -0.4 is 10.9 Å². The number of nitrogens with one attached hydrogen (secondary N) is 2. The Morgan fingerprint density at radius 3 is 2.95 bits per heavy atom. The van der Waals surface area contributed by atoms with E-state index < -0.39 is 0 Å². The number of pyridine rings is 1. The van der Waals surface area contributed by atoms with Crippen molar-refractivity contribution in [3.05, 3.63) is 34.2 Å². The van der Waals surface area contributed by atoms with Crippen LogP contribution in [0.5, 0.6) is 0 Å². The molecule has 2 aliphatic heterocycles. The minimum absolute atomic E-state index is 0.00828. The second kappa shape index (κ2) is 6.85. The van der Waals surface area contributed by atoms with Crippen molar-refractivity contribution in [3.8, 4) is 0 Å². The molecule has 0 bridgehead atoms. The van der Waals surface area contributed by atoms with Gasteiger partial charge in [0.25, 0.3) is 11.5 Å². The number of amides is 1. The fourth-order valence-corrected chi connectivity index (χ4v) is 4.55. The van der Waals surface area contributed by atoms with E-state index in [-0.39, 0.29) is 22.6 Å². The van der Waals surface area contributed by atoms with Crippen molar-refractivity contribution in [2.24, 2.45) is 0 Å². The van der Waals surface area contributed by atoms with Crippen LogP contribution in [-0.4, -0.2) is 65.7 Å². The van der Waals surface area contributed by atoms with Gasteiger partial charge in [-0.05, 0) is 24.3 Å². The van der Waals surface area contributed by atoms with E-state index in [1.165, 1.54) is 6.20 Å². The first-order valence-corrected chi connectivity index (χ1v) is 8.73. The fraction of sp³-hybridized carbons (Fsp3) is 0.600. The molecule has 3 heterocycles. The summed E-state index contributed by atoms with van der Waals surface area (Å²) in [5.41, 5.74) is -0.183. The number of ether oxygens (including phenoxy) is 1. The summed E-state index contributed by atoms with van der Waals surface area (Å²) in [5, 5.41) is 2.97. The minimum Gasteiger partial charge on any atom is -0.379 e. The van der Waals surface area contributed by atoms with Crippen LogP contribution in [-0.2, 0) is 4.74 Å². The molecule has 0 saturated carbocycles. The number of hydrogen-bond donors (Lipinski definition) is 2. The van der Waals surface area contributed by atoms with Gasteiger partial charge in [-0.2, -0.15) is 11.8 Å². The second-order valence-electron chi connectivity index (χ2n) is 5.72. The number of carbonyl (C=O) groups excluding carboxylic acids is 1. The van der Waals surface area contributed by atoms with E-state index in [1.54, 1.807) is 12.1 Å². The van der Waals surface area contributed by atoms with Gasteiger partial charge in [0, 0.05) is 37.1 Å². The van der Waals surface area contributed by atoms with Gasteiger partial charge in [-0.3, -0.25) is 14.5 Å². The molecule has 0 radical (unpaired) electrons. The number of nitrogens with zero attached hydrogens (tertiary/aromatic N) is 1. The van der Waals surface area contributed by atoms with Gasteiger partial charge in [-0.25, -0.2) is 0 Å². The summed E-state index contributed by atoms with van der Waals surface area (Å²) < 4.78 is 5.43. The van der Waals surface area contributed by atoms with Gasteiger partial charge in [-0.1, -0.05) is 0 Å². The maximum absolute atomic E-state index is 12.3. The highest BCUT2D eigenvalue weighted by molar-refractivity contribution is 7.99. The molecule has 1 unspecified atom stereocenters. The number of aromatic nitrogens is 1. The van der Waals surface area contributed by atoms with Gasteiger partial charge in [0.2, 0.25) is 0 Å². The van der Waals surface area contributed by atoms with Crippen molar-refractivity contribution in [1.82, 2.24) is 15.2 Å². The Balaban J connectivity index is 1.68. The largest absolute Gasteiger partial charge is 0.379 e. The normalized spacial score (nSPS) is 26.0. The molecule has 2 saturated heterocycles. The van der Waals surface area contributed by atoms with Crippen LogP contribution >= 0.6 is 11.8 Å². The van der Waals surface area contributed by atoms with E-state index in [0.717, 1.165) is 44.2 Å². The van der Waals surface area contributed by atoms with Gasteiger partial charge < -0.3 is 15.0 Å². The van der Waals surface area contributed by atoms with Gasteiger partial charge in [0.1, 0.15) is 5.56 Å². The lowest BCUT2D eigenvalue weighted by Crippen LogP contribution is -2.59. The molecule has 1 aromatic heterocycles. The summed E-state index contributed by atoms with van der Waals surface area (Å²) in [7, 11) is 0. The Kier molecular flexibility index (Phi) is 4.85. The van der Waals surface area contributed by atoms with Crippen molar-refractivity contribution < 1.29 is 9.53 Å². The Labute approximate surface area is 133 Å². The molecule has 0 aromatic carbocycles. The van der Waals surface area contributed by atoms with Crippen LogP contribution in [0.3, 0.4) is 0 Å². The summed E-state index contributed by atoms with van der Waals surface area (Å²) in [6, 6.07) is 3.22. The van der Waals surface area contributed by atoms with Crippen LogP contribution in [0.2, 0.25) is 0 Å². The average molecular weight is 323 g/mol. The molecular weight excluding hydrogens is 302 g/mol. The zero-order chi connectivity index (χ0) is 15.4. The molecule has 1 amide bonds. The molecule has 2 aliphatic rings. The fourth-order valence-electron chi connectivity index (χ4n) is 3.08. The SMILES string of the molecule is O=C(NCC1(N2CCOCC2)CCSC1)c1ccc[nH]c1=O. The molecule has 1 atom stereocenters. The Morgan fingerprint density at radius 2 is 2.27 bits per heavy atom. The topological polar surface area (TPSA) is 74.4 Å². The first-order chi connectivity index (χ1) is 10.7. The van der Waals surface area contributed by atoms with E-state index in [4.69, 9.17) is 4.74 Å². The molecule has 0 spiro atoms. The highest BCUT2D eigenvalue weighted by Crippen LogP contribution is 2.33. The van der Waals surface area contributed by atoms with Crippen molar-refractivity contribution in [1.29, 1.82) is 0 Å². The van der Waals surface area contributed by atoms with Crippen LogP contribution in [0.15, 0.2) is 23.1 Å². The first kappa shape index (κ1) is 15.6. The summed E-state index contributed by atoms with van der Waals surface area (Å²) in [6.07, 6.45) is 2.59. The van der Waals surface area contributed by atoms with Crippen molar-refractivity contribution in [2.75, 3.05) is 44.4 Å². The predicted octanol–water partition coefficient (Wildman–Crippen LogP) is 0.313. The molecule has 6 nitrogen and oxygen atoms in total. The number of rotatable bonds is 4. The summed E-state index contributed by atoms with van der Waals surface area (Å²) in [6.45, 7) is 3.88. The third kappa shape index (κ3) is 3.21. The predicted molar refractivity (Wildman–Crippen MR) is 86.5 cm³/mol. The van der Waals surface area contributed by atoms with Crippen molar-refractivity contribution >= 4 is 17.7 Å². The standard InChI is InChI=1S/C15H21N3O3S/c19-13-12(2-1-4-16-13)14(20)17-10-15(3-9-22-11-15)18-5-7-21-8-6-18/h1-2,4H,3,5-11H2,(H,16,19)(H,17,20). The van der Waals surface area contributed by atoms with Crippen molar-refractivity contribution in [2.45, 2.75) is 12.0 Å². The van der Waals surface area contributed by atoms with Crippen LogP contribution in [0.4, 0.5) is 0 Å². The lowest BCUT2D eigenvalue weighted by Gasteiger charge is -2.43. The third-order valence-corrected chi connectivity index (χ3v) is 5.64. The lowest BCUT2D eigenvalue weighted by atomic mass is 9.95. The van der Waals surface area contributed by atoms with Crippen LogP contribution in [0, 0.1) is 0 Å². The molecule has 2 fully saturated rings. The minimum atomic E-state index is -0.346. The summed E-state index contributed by atoms with van der Waals surface area (Å²) >= 11 is 1.92. The maximum atomic E-state index is 12.3. The number of hydrogen-bond acceptors (Lipinski definition) is 5. The molecule has 3 rings (SSSR count). The molecule has 2 N–H and O–H groups in total. The number of H-pyrrole nitrogens is 1. The smallest absolute Gasteiger partial charge is 0.260 e. The number of carbonyl (C=O) groups is 1. The Bertz CT molecular complexity index is 577. The number of morpholine rings is 1. The molecular formula is C15H21N3O3S. The highest BCUT2D eigenvalue weighted by atomic mass is 32.2. The zero-order valence-corrected chi connectivity index (χ0v) is 13.3. The Hall–Kier alpha value is -1.31. The van der Waals surface area contributed by atoms with E-state index in [1.807, 2.05) is 11.8 Å². The van der Waals surface area contributed by atoms with Crippen LogP contribution in [0.1, 0.15) is 16.8 Å². The first-order valence-electron chi connectivity index (χ1n) is 7.58. The van der Waals surface area contributed by atoms with Gasteiger partial charge >= 0.3 is 0 Å².